The molecule has 0 N–H and O–H groups in total. The van der Waals surface area contributed by atoms with Gasteiger partial charge in [0.25, 0.3) is 5.69 Å². The number of halogens is 1. The van der Waals surface area contributed by atoms with Crippen LogP contribution < -0.4 is 4.90 Å². The van der Waals surface area contributed by atoms with Crippen LogP contribution in [0.15, 0.2) is 18.2 Å². The number of nitro benzene ring substituents is 1. The maximum absolute atomic E-state index is 13.5. The Balaban J connectivity index is 2.19. The molecule has 1 aromatic rings. The van der Waals surface area contributed by atoms with Crippen LogP contribution in [-0.2, 0) is 0 Å². The van der Waals surface area contributed by atoms with Gasteiger partial charge in [-0.05, 0) is 6.07 Å². The minimum absolute atomic E-state index is 0.148. The number of hydrogen-bond acceptors (Lipinski definition) is 3. The summed E-state index contributed by atoms with van der Waals surface area (Å²) in [5.41, 5.74) is 0.132. The number of anilines is 1. The summed E-state index contributed by atoms with van der Waals surface area (Å²) in [6.45, 7) is 1.20. The lowest BCUT2D eigenvalue weighted by atomic mass is 10.0. The zero-order chi connectivity index (χ0) is 11.7. The maximum atomic E-state index is 13.5. The second-order valence-corrected chi connectivity index (χ2v) is 3.66. The minimum Gasteiger partial charge on any atom is -0.367 e. The third kappa shape index (κ3) is 1.70. The second kappa shape index (κ2) is 3.81. The molecule has 0 saturated carbocycles. The zero-order valence-corrected chi connectivity index (χ0v) is 8.39. The monoisotopic (exact) mass is 220 g/mol. The third-order valence-corrected chi connectivity index (χ3v) is 2.60. The highest BCUT2D eigenvalue weighted by molar-refractivity contribution is 5.54. The molecule has 0 radical (unpaired) electrons. The van der Waals surface area contributed by atoms with Crippen LogP contribution in [0, 0.1) is 34.2 Å². The van der Waals surface area contributed by atoms with Crippen LogP contribution in [0.4, 0.5) is 15.8 Å². The Bertz CT molecular complexity index is 475. The molecule has 0 atom stereocenters. The fourth-order valence-electron chi connectivity index (χ4n) is 1.65. The molecule has 16 heavy (non-hydrogen) atoms. The van der Waals surface area contributed by atoms with Crippen molar-refractivity contribution in [1.29, 1.82) is 0 Å². The third-order valence-electron chi connectivity index (χ3n) is 2.60. The predicted molar refractivity (Wildman–Crippen MR) is 57.6 cm³/mol. The smallest absolute Gasteiger partial charge is 0.272 e. The van der Waals surface area contributed by atoms with E-state index in [1.165, 1.54) is 12.1 Å². The molecule has 0 bridgehead atoms. The number of terminal acetylenes is 1. The van der Waals surface area contributed by atoms with Gasteiger partial charge in [-0.15, -0.1) is 6.42 Å². The normalized spacial score (nSPS) is 15.4. The highest BCUT2D eigenvalue weighted by Crippen LogP contribution is 2.29. The van der Waals surface area contributed by atoms with Gasteiger partial charge in [0.1, 0.15) is 0 Å². The van der Waals surface area contributed by atoms with Crippen molar-refractivity contribution in [2.24, 2.45) is 5.92 Å². The van der Waals surface area contributed by atoms with Crippen molar-refractivity contribution >= 4 is 11.4 Å². The Morgan fingerprint density at radius 1 is 1.56 bits per heavy atom. The van der Waals surface area contributed by atoms with Crippen molar-refractivity contribution in [2.75, 3.05) is 18.0 Å². The molecule has 1 aliphatic rings. The van der Waals surface area contributed by atoms with Gasteiger partial charge >= 0.3 is 0 Å². The Hall–Kier alpha value is -2.09. The maximum Gasteiger partial charge on any atom is 0.272 e. The van der Waals surface area contributed by atoms with Gasteiger partial charge < -0.3 is 4.90 Å². The molecule has 1 heterocycles. The Kier molecular flexibility index (Phi) is 2.49. The molecular formula is C11H9FN2O2. The Labute approximate surface area is 91.8 Å². The van der Waals surface area contributed by atoms with E-state index in [0.29, 0.717) is 18.8 Å². The molecule has 0 spiro atoms. The van der Waals surface area contributed by atoms with E-state index >= 15 is 0 Å². The first-order valence-electron chi connectivity index (χ1n) is 4.77. The van der Waals surface area contributed by atoms with Crippen LogP contribution in [0.1, 0.15) is 0 Å². The number of nitro groups is 1. The molecule has 82 valence electrons. The van der Waals surface area contributed by atoms with Crippen LogP contribution in [0.5, 0.6) is 0 Å². The number of benzene rings is 1. The van der Waals surface area contributed by atoms with Crippen LogP contribution in [-0.4, -0.2) is 18.0 Å². The van der Waals surface area contributed by atoms with Gasteiger partial charge in [-0.2, -0.15) is 0 Å². The van der Waals surface area contributed by atoms with E-state index in [0.717, 1.165) is 6.07 Å². The first-order valence-corrected chi connectivity index (χ1v) is 4.77. The van der Waals surface area contributed by atoms with E-state index in [9.17, 15) is 14.5 Å². The molecule has 1 saturated heterocycles. The number of nitrogens with zero attached hydrogens (tertiary/aromatic N) is 2. The molecule has 4 nitrogen and oxygen atoms in total. The molecule has 1 aromatic carbocycles. The van der Waals surface area contributed by atoms with E-state index in [2.05, 4.69) is 5.92 Å². The Morgan fingerprint density at radius 2 is 2.25 bits per heavy atom. The summed E-state index contributed by atoms with van der Waals surface area (Å²) >= 11 is 0. The molecule has 1 aliphatic heterocycles. The van der Waals surface area contributed by atoms with E-state index in [-0.39, 0.29) is 11.6 Å². The lowest BCUT2D eigenvalue weighted by Crippen LogP contribution is -2.46. The molecule has 0 aromatic heterocycles. The quantitative estimate of drug-likeness (QED) is 0.433. The summed E-state index contributed by atoms with van der Waals surface area (Å²) in [5, 5.41) is 10.4. The minimum atomic E-state index is -0.618. The molecule has 5 heteroatoms. The standard InChI is InChI=1S/C11H9FN2O2/c1-2-8-6-13(7-8)11-4-3-9(14(15)16)5-10(11)12/h1,3-5,8H,6-7H2. The first-order chi connectivity index (χ1) is 7.61. The van der Waals surface area contributed by atoms with Crippen LogP contribution in [0.3, 0.4) is 0 Å². The number of rotatable bonds is 2. The lowest BCUT2D eigenvalue weighted by Gasteiger charge is -2.38. The van der Waals surface area contributed by atoms with E-state index in [1.807, 2.05) is 0 Å². The predicted octanol–water partition coefficient (Wildman–Crippen LogP) is 1.80. The molecule has 0 aliphatic carbocycles. The van der Waals surface area contributed by atoms with Crippen molar-refractivity contribution < 1.29 is 9.31 Å². The summed E-state index contributed by atoms with van der Waals surface area (Å²) in [7, 11) is 0. The summed E-state index contributed by atoms with van der Waals surface area (Å²) < 4.78 is 13.5. The van der Waals surface area contributed by atoms with Gasteiger partial charge in [0.05, 0.1) is 22.6 Å². The summed E-state index contributed by atoms with van der Waals surface area (Å²) in [6.07, 6.45) is 5.22. The number of non-ortho nitro benzene ring substituents is 1. The van der Waals surface area contributed by atoms with Gasteiger partial charge in [0, 0.05) is 19.2 Å². The highest BCUT2D eigenvalue weighted by atomic mass is 19.1. The molecule has 0 amide bonds. The van der Waals surface area contributed by atoms with Crippen LogP contribution in [0.2, 0.25) is 0 Å². The van der Waals surface area contributed by atoms with Gasteiger partial charge in [0.2, 0.25) is 0 Å². The topological polar surface area (TPSA) is 46.4 Å². The average Bonchev–Trinajstić information content (AvgIpc) is 2.18. The molecule has 2 rings (SSSR count). The fraction of sp³-hybridized carbons (Fsp3) is 0.273. The second-order valence-electron chi connectivity index (χ2n) is 3.66. The van der Waals surface area contributed by atoms with Crippen molar-refractivity contribution in [3.63, 3.8) is 0 Å². The first kappa shape index (κ1) is 10.4. The van der Waals surface area contributed by atoms with Crippen LogP contribution >= 0.6 is 0 Å². The van der Waals surface area contributed by atoms with Gasteiger partial charge in [-0.25, -0.2) is 4.39 Å². The van der Waals surface area contributed by atoms with E-state index in [1.54, 1.807) is 4.90 Å². The fourth-order valence-corrected chi connectivity index (χ4v) is 1.65. The van der Waals surface area contributed by atoms with Crippen LogP contribution in [0.25, 0.3) is 0 Å². The van der Waals surface area contributed by atoms with Gasteiger partial charge in [0.15, 0.2) is 5.82 Å². The lowest BCUT2D eigenvalue weighted by molar-refractivity contribution is -0.385. The SMILES string of the molecule is C#CC1CN(c2ccc([N+](=O)[O-])cc2F)C1. The van der Waals surface area contributed by atoms with Crippen molar-refractivity contribution in [2.45, 2.75) is 0 Å². The average molecular weight is 220 g/mol. The summed E-state index contributed by atoms with van der Waals surface area (Å²) in [4.78, 5) is 11.6. The van der Waals surface area contributed by atoms with Crippen molar-refractivity contribution in [3.8, 4) is 12.3 Å². The Morgan fingerprint density at radius 3 is 2.75 bits per heavy atom. The van der Waals surface area contributed by atoms with Gasteiger partial charge in [-0.3, -0.25) is 10.1 Å². The van der Waals surface area contributed by atoms with Crippen molar-refractivity contribution in [3.05, 3.63) is 34.1 Å². The molecule has 0 unspecified atom stereocenters. The number of hydrogen-bond donors (Lipinski definition) is 0. The largest absolute Gasteiger partial charge is 0.367 e. The molecular weight excluding hydrogens is 211 g/mol. The van der Waals surface area contributed by atoms with E-state index in [4.69, 9.17) is 6.42 Å². The molecule has 1 fully saturated rings. The summed E-state index contributed by atoms with van der Waals surface area (Å²) in [6, 6.07) is 3.64. The van der Waals surface area contributed by atoms with Crippen molar-refractivity contribution in [1.82, 2.24) is 0 Å². The van der Waals surface area contributed by atoms with E-state index < -0.39 is 10.7 Å². The summed E-state index contributed by atoms with van der Waals surface area (Å²) in [5.74, 6) is 2.15. The highest BCUT2D eigenvalue weighted by Gasteiger charge is 2.27. The zero-order valence-electron chi connectivity index (χ0n) is 8.39. The van der Waals surface area contributed by atoms with Gasteiger partial charge in [-0.1, -0.05) is 5.92 Å².